The Hall–Kier alpha value is -4.18. The summed E-state index contributed by atoms with van der Waals surface area (Å²) in [5.74, 6) is -0.319. The minimum absolute atomic E-state index is 0.0000748. The van der Waals surface area contributed by atoms with E-state index >= 15 is 0 Å². The van der Waals surface area contributed by atoms with Gasteiger partial charge in [0.25, 0.3) is 0 Å². The molecule has 41 heavy (non-hydrogen) atoms. The monoisotopic (exact) mass is 559 g/mol. The Bertz CT molecular complexity index is 1380. The fraction of sp³-hybridized carbons (Fsp3) is 0.419. The maximum Gasteiger partial charge on any atom is 0.326 e. The lowest BCUT2D eigenvalue weighted by molar-refractivity contribution is -0.142. The zero-order valence-corrected chi connectivity index (χ0v) is 23.3. The average Bonchev–Trinajstić information content (AvgIpc) is 3.42. The number of aryl methyl sites for hydroxylation is 1. The van der Waals surface area contributed by atoms with Gasteiger partial charge in [-0.15, -0.1) is 0 Å². The highest BCUT2D eigenvalue weighted by molar-refractivity contribution is 5.86. The molecule has 1 fully saturated rings. The molecule has 1 atom stereocenters. The van der Waals surface area contributed by atoms with Gasteiger partial charge in [0.1, 0.15) is 17.5 Å². The molecule has 3 N–H and O–H groups in total. The number of nitrogens with one attached hydrogen (secondary N) is 2. The van der Waals surface area contributed by atoms with E-state index in [4.69, 9.17) is 4.74 Å². The number of ether oxygens (including phenoxy) is 1. The molecular weight excluding hydrogens is 522 g/mol. The zero-order valence-electron chi connectivity index (χ0n) is 23.3. The quantitative estimate of drug-likeness (QED) is 0.448. The highest BCUT2D eigenvalue weighted by Gasteiger charge is 2.41. The van der Waals surface area contributed by atoms with Crippen molar-refractivity contribution in [2.45, 2.75) is 58.2 Å². The number of fused-ring (bicyclic) bond motifs is 9. The fourth-order valence-electron chi connectivity index (χ4n) is 5.64. The summed E-state index contributed by atoms with van der Waals surface area (Å²) < 4.78 is 8.02. The molecule has 1 spiro atoms. The number of piperidine rings is 1. The summed E-state index contributed by atoms with van der Waals surface area (Å²) in [5.41, 5.74) is 2.14. The van der Waals surface area contributed by atoms with Gasteiger partial charge in [-0.2, -0.15) is 5.10 Å². The third kappa shape index (κ3) is 7.13. The van der Waals surface area contributed by atoms with E-state index in [2.05, 4.69) is 27.6 Å². The molecule has 3 aliphatic heterocycles. The maximum atomic E-state index is 13.7. The number of nitrogens with zero attached hydrogens (tertiary/aromatic N) is 3. The van der Waals surface area contributed by atoms with Crippen LogP contribution in [0.1, 0.15) is 43.0 Å². The van der Waals surface area contributed by atoms with Crippen molar-refractivity contribution in [3.63, 3.8) is 0 Å². The second kappa shape index (κ2) is 12.6. The summed E-state index contributed by atoms with van der Waals surface area (Å²) in [6.07, 6.45) is 3.99. The van der Waals surface area contributed by atoms with E-state index in [1.165, 1.54) is 0 Å². The van der Waals surface area contributed by atoms with Crippen LogP contribution in [0.3, 0.4) is 0 Å². The molecule has 216 valence electrons. The Morgan fingerprint density at radius 3 is 2.56 bits per heavy atom. The van der Waals surface area contributed by atoms with E-state index in [1.807, 2.05) is 41.2 Å². The van der Waals surface area contributed by atoms with Crippen LogP contribution in [-0.4, -0.2) is 63.2 Å². The Balaban J connectivity index is 1.37. The van der Waals surface area contributed by atoms with Gasteiger partial charge in [0, 0.05) is 38.7 Å². The number of likely N-dealkylation sites (tertiary alicyclic amines) is 1. The first-order valence-electron chi connectivity index (χ1n) is 14.2. The number of rotatable bonds is 4. The van der Waals surface area contributed by atoms with Crippen LogP contribution < -0.4 is 15.4 Å². The summed E-state index contributed by atoms with van der Waals surface area (Å²) in [6.45, 7) is 5.24. The van der Waals surface area contributed by atoms with Gasteiger partial charge in [-0.25, -0.2) is 4.79 Å². The van der Waals surface area contributed by atoms with Crippen LogP contribution in [0.25, 0.3) is 0 Å². The van der Waals surface area contributed by atoms with E-state index in [0.717, 1.165) is 43.0 Å². The Labute approximate surface area is 239 Å². The zero-order chi connectivity index (χ0) is 28.8. The number of carboxylic acids is 1. The molecule has 3 aromatic rings. The fourth-order valence-corrected chi connectivity index (χ4v) is 5.64. The van der Waals surface area contributed by atoms with Crippen LogP contribution in [0.2, 0.25) is 0 Å². The molecule has 10 heteroatoms. The van der Waals surface area contributed by atoms with E-state index in [1.54, 1.807) is 24.3 Å². The van der Waals surface area contributed by atoms with Crippen molar-refractivity contribution in [3.05, 3.63) is 77.6 Å². The van der Waals surface area contributed by atoms with Crippen LogP contribution in [0.4, 0.5) is 0 Å². The van der Waals surface area contributed by atoms with Crippen LogP contribution in [0, 0.1) is 5.41 Å². The molecule has 4 heterocycles. The third-order valence-corrected chi connectivity index (χ3v) is 8.01. The molecule has 0 unspecified atom stereocenters. The van der Waals surface area contributed by atoms with E-state index in [9.17, 15) is 19.5 Å². The van der Waals surface area contributed by atoms with Crippen LogP contribution in [-0.2, 0) is 40.3 Å². The molecule has 1 aromatic heterocycles. The van der Waals surface area contributed by atoms with E-state index < -0.39 is 23.3 Å². The molecule has 0 saturated carbocycles. The van der Waals surface area contributed by atoms with Crippen molar-refractivity contribution < 1.29 is 24.2 Å². The number of carbonyl (C=O) groups is 3. The van der Waals surface area contributed by atoms with Crippen LogP contribution in [0.5, 0.6) is 11.5 Å². The van der Waals surface area contributed by atoms with Crippen molar-refractivity contribution >= 4 is 17.8 Å². The molecule has 0 aliphatic carbocycles. The molecule has 6 rings (SSSR count). The minimum Gasteiger partial charge on any atom is -0.480 e. The number of aromatic nitrogens is 2. The van der Waals surface area contributed by atoms with E-state index in [-0.39, 0.29) is 25.3 Å². The lowest BCUT2D eigenvalue weighted by Gasteiger charge is -2.40. The largest absolute Gasteiger partial charge is 0.480 e. The second-order valence-corrected chi connectivity index (χ2v) is 11.0. The van der Waals surface area contributed by atoms with Crippen molar-refractivity contribution in [2.75, 3.05) is 19.6 Å². The Kier molecular flexibility index (Phi) is 8.68. The summed E-state index contributed by atoms with van der Waals surface area (Å²) >= 11 is 0. The number of carboxylic acid groups (broad SMARTS) is 1. The average molecular weight is 560 g/mol. The first-order chi connectivity index (χ1) is 19.8. The maximum absolute atomic E-state index is 13.7. The summed E-state index contributed by atoms with van der Waals surface area (Å²) in [5, 5.41) is 19.9. The minimum atomic E-state index is -1.11. The Morgan fingerprint density at radius 2 is 1.85 bits per heavy atom. The summed E-state index contributed by atoms with van der Waals surface area (Å²) in [6, 6.07) is 16.0. The topological polar surface area (TPSA) is 126 Å². The van der Waals surface area contributed by atoms with E-state index in [0.29, 0.717) is 30.8 Å². The van der Waals surface area contributed by atoms with Gasteiger partial charge in [-0.05, 0) is 80.7 Å². The first-order valence-corrected chi connectivity index (χ1v) is 14.2. The smallest absolute Gasteiger partial charge is 0.326 e. The first kappa shape index (κ1) is 28.4. The van der Waals surface area contributed by atoms with Gasteiger partial charge >= 0.3 is 5.97 Å². The predicted molar refractivity (Wildman–Crippen MR) is 152 cm³/mol. The van der Waals surface area contributed by atoms with Crippen molar-refractivity contribution in [1.82, 2.24) is 25.3 Å². The second-order valence-electron chi connectivity index (χ2n) is 11.0. The number of aliphatic carboxylic acids is 1. The van der Waals surface area contributed by atoms with Gasteiger partial charge in [0.05, 0.1) is 11.1 Å². The molecule has 1 saturated heterocycles. The standard InChI is InChI=1S/C31H37N5O5/c1-2-36-15-11-24(34-36)21-35-16-12-31(13-17-35)20-23-4-3-5-26(18-23)41-25-8-6-22(7-9-25)19-27(29(38)39)33-28(37)10-14-32-30(31)40/h3-9,11,15,18,27H,2,10,12-14,16-17,19-21H2,1H3,(H,32,40)(H,33,37)(H,38,39)/t27-/m0/s1. The molecule has 2 aromatic carbocycles. The van der Waals surface area contributed by atoms with Gasteiger partial charge in [-0.3, -0.25) is 19.2 Å². The normalized spacial score (nSPS) is 20.0. The molecule has 3 aliphatic rings. The van der Waals surface area contributed by atoms with Gasteiger partial charge in [0.2, 0.25) is 11.8 Å². The lowest BCUT2D eigenvalue weighted by atomic mass is 9.73. The summed E-state index contributed by atoms with van der Waals surface area (Å²) in [7, 11) is 0. The SMILES string of the molecule is CCn1ccc(CN2CCC3(CC2)Cc2cccc(c2)Oc2ccc(cc2)C[C@@H](C(=O)O)NC(=O)CCNC3=O)n1. The third-order valence-electron chi connectivity index (χ3n) is 8.01. The van der Waals surface area contributed by atoms with Crippen molar-refractivity contribution in [1.29, 1.82) is 0 Å². The molecule has 4 bridgehead atoms. The molecular formula is C31H37N5O5. The molecule has 2 amide bonds. The molecule has 10 nitrogen and oxygen atoms in total. The number of carbonyl (C=O) groups excluding carboxylic acids is 2. The van der Waals surface area contributed by atoms with Crippen molar-refractivity contribution in [2.24, 2.45) is 5.41 Å². The number of amides is 2. The summed E-state index contributed by atoms with van der Waals surface area (Å²) in [4.78, 5) is 40.5. The highest BCUT2D eigenvalue weighted by Crippen LogP contribution is 2.37. The van der Waals surface area contributed by atoms with Crippen LogP contribution >= 0.6 is 0 Å². The van der Waals surface area contributed by atoms with Gasteiger partial charge < -0.3 is 20.5 Å². The van der Waals surface area contributed by atoms with Crippen LogP contribution in [0.15, 0.2) is 60.8 Å². The highest BCUT2D eigenvalue weighted by atomic mass is 16.5. The number of hydrogen-bond acceptors (Lipinski definition) is 6. The van der Waals surface area contributed by atoms with Gasteiger partial charge in [-0.1, -0.05) is 24.3 Å². The number of benzene rings is 2. The molecule has 0 radical (unpaired) electrons. The lowest BCUT2D eigenvalue weighted by Crippen LogP contribution is -2.50. The Morgan fingerprint density at radius 1 is 1.07 bits per heavy atom. The van der Waals surface area contributed by atoms with Crippen molar-refractivity contribution in [3.8, 4) is 11.5 Å². The predicted octanol–water partition coefficient (Wildman–Crippen LogP) is 3.15. The number of hydrogen-bond donors (Lipinski definition) is 3. The van der Waals surface area contributed by atoms with Gasteiger partial charge in [0.15, 0.2) is 0 Å².